The Morgan fingerprint density at radius 2 is 0.804 bits per heavy atom. The Bertz CT molecular complexity index is 3570. The van der Waals surface area contributed by atoms with Gasteiger partial charge in [0, 0.05) is 38.2 Å². The van der Waals surface area contributed by atoms with Crippen LogP contribution in [0.4, 0.5) is 0 Å². The molecule has 8 aromatic carbocycles. The maximum Gasteiger partial charge on any atom is 0.164 e. The van der Waals surface area contributed by atoms with Gasteiger partial charge in [-0.05, 0) is 75.7 Å². The van der Waals surface area contributed by atoms with E-state index in [1.54, 1.807) is 0 Å². The van der Waals surface area contributed by atoms with Gasteiger partial charge in [-0.15, -0.1) is 0 Å². The number of aromatic nitrogens is 3. The third-order valence-corrected chi connectivity index (χ3v) is 10.0. The second-order valence-electron chi connectivity index (χ2n) is 13.5. The summed E-state index contributed by atoms with van der Waals surface area (Å²) in [4.78, 5) is 14.6. The van der Waals surface area contributed by atoms with E-state index < -0.39 is 0 Å². The van der Waals surface area contributed by atoms with Gasteiger partial charge in [-0.3, -0.25) is 0 Å². The summed E-state index contributed by atoms with van der Waals surface area (Å²) in [5.41, 5.74) is 7.14. The first kappa shape index (κ1) is 26.2. The third-order valence-electron chi connectivity index (χ3n) is 10.0. The van der Waals surface area contributed by atoms with Gasteiger partial charge >= 0.3 is 0 Å². The van der Waals surface area contributed by atoms with Gasteiger partial charge in [-0.1, -0.05) is 146 Å². The first-order valence-electron chi connectivity index (χ1n) is 21.2. The summed E-state index contributed by atoms with van der Waals surface area (Å²) in [7, 11) is 0. The molecule has 0 unspecified atom stereocenters. The van der Waals surface area contributed by atoms with Crippen LogP contribution in [0.3, 0.4) is 0 Å². The van der Waals surface area contributed by atoms with Crippen molar-refractivity contribution in [3.63, 3.8) is 0 Å². The molecule has 0 amide bonds. The second-order valence-corrected chi connectivity index (χ2v) is 13.5. The molecule has 0 aliphatic rings. The van der Waals surface area contributed by atoms with Crippen molar-refractivity contribution in [3.8, 4) is 67.5 Å². The SMILES string of the molecule is [2H]c1c(-c2ccc(-c3ccccc3)cc2)c([2H])c2c(oc3c([2H])c(-c4nc(-c5ccc(-c6ccccc6)cc5)nc(-c5ccc6c(c5)oc5ccccc56)n4)c([2H])c([2H])c32)c1[2H]. The molecule has 11 aromatic rings. The van der Waals surface area contributed by atoms with Crippen molar-refractivity contribution < 1.29 is 17.1 Å². The van der Waals surface area contributed by atoms with Crippen molar-refractivity contribution in [1.29, 1.82) is 0 Å². The van der Waals surface area contributed by atoms with E-state index in [2.05, 4.69) is 0 Å². The maximum absolute atomic E-state index is 9.53. The highest BCUT2D eigenvalue weighted by molar-refractivity contribution is 6.07. The van der Waals surface area contributed by atoms with Crippen molar-refractivity contribution >= 4 is 43.9 Å². The number of para-hydroxylation sites is 1. The average Bonchev–Trinajstić information content (AvgIpc) is 3.91. The van der Waals surface area contributed by atoms with Gasteiger partial charge in [-0.2, -0.15) is 0 Å². The fourth-order valence-electron chi connectivity index (χ4n) is 7.16. The van der Waals surface area contributed by atoms with Crippen LogP contribution < -0.4 is 0 Å². The normalized spacial score (nSPS) is 13.1. The number of hydrogen-bond donors (Lipinski definition) is 0. The first-order valence-corrected chi connectivity index (χ1v) is 18.2. The largest absolute Gasteiger partial charge is 0.456 e. The molecular formula is C51H31N3O2. The third kappa shape index (κ3) is 5.62. The standard InChI is InChI=1S/C51H31N3O2/c1-3-9-32(10-4-1)34-15-17-36(18-16-34)38-25-28-46-44(29-38)43-27-24-40(31-48(43)56-46)51-53-49(37-21-19-35(20-22-37)33-11-5-2-6-12-33)52-50(54-51)39-23-26-42-41-13-7-8-14-45(41)55-47(42)30-39/h1-31H/i24D,25D,27D,28D,29D,31D. The van der Waals surface area contributed by atoms with Gasteiger partial charge in [0.15, 0.2) is 17.5 Å². The molecule has 0 spiro atoms. The van der Waals surface area contributed by atoms with Crippen molar-refractivity contribution in [2.24, 2.45) is 0 Å². The zero-order chi connectivity index (χ0) is 42.2. The monoisotopic (exact) mass is 723 g/mol. The first-order chi connectivity index (χ1) is 30.2. The van der Waals surface area contributed by atoms with E-state index in [1.807, 2.05) is 152 Å². The zero-order valence-corrected chi connectivity index (χ0v) is 29.6. The molecule has 0 aliphatic heterocycles. The van der Waals surface area contributed by atoms with Gasteiger partial charge in [0.25, 0.3) is 0 Å². The van der Waals surface area contributed by atoms with Crippen LogP contribution in [0, 0.1) is 0 Å². The molecule has 0 N–H and O–H groups in total. The lowest BCUT2D eigenvalue weighted by molar-refractivity contribution is 0.668. The molecule has 0 radical (unpaired) electrons. The lowest BCUT2D eigenvalue weighted by Crippen LogP contribution is -2.00. The minimum absolute atomic E-state index is 0.0229. The molecule has 3 heterocycles. The highest BCUT2D eigenvalue weighted by atomic mass is 16.3. The number of nitrogens with zero attached hydrogens (tertiary/aromatic N) is 3. The lowest BCUT2D eigenvalue weighted by Gasteiger charge is -2.09. The van der Waals surface area contributed by atoms with E-state index in [0.717, 1.165) is 38.6 Å². The van der Waals surface area contributed by atoms with Crippen LogP contribution in [0.2, 0.25) is 0 Å². The van der Waals surface area contributed by atoms with E-state index in [4.69, 9.17) is 26.5 Å². The molecule has 0 aliphatic carbocycles. The van der Waals surface area contributed by atoms with E-state index in [0.29, 0.717) is 22.3 Å². The topological polar surface area (TPSA) is 65.0 Å². The van der Waals surface area contributed by atoms with Crippen molar-refractivity contribution in [2.45, 2.75) is 0 Å². The van der Waals surface area contributed by atoms with Crippen LogP contribution in [0.5, 0.6) is 0 Å². The molecule has 0 saturated heterocycles. The molecule has 5 nitrogen and oxygen atoms in total. The highest BCUT2D eigenvalue weighted by Gasteiger charge is 2.17. The molecule has 0 fully saturated rings. The summed E-state index contributed by atoms with van der Waals surface area (Å²) < 4.78 is 68.1. The summed E-state index contributed by atoms with van der Waals surface area (Å²) >= 11 is 0. The van der Waals surface area contributed by atoms with Crippen molar-refractivity contribution in [2.75, 3.05) is 0 Å². The number of hydrogen-bond acceptors (Lipinski definition) is 5. The minimum Gasteiger partial charge on any atom is -0.456 e. The van der Waals surface area contributed by atoms with Crippen molar-refractivity contribution in [3.05, 3.63) is 188 Å². The molecule has 0 atom stereocenters. The highest BCUT2D eigenvalue weighted by Crippen LogP contribution is 2.37. The lowest BCUT2D eigenvalue weighted by atomic mass is 9.99. The summed E-state index contributed by atoms with van der Waals surface area (Å²) in [5, 5.41) is 2.04. The number of rotatable bonds is 6. The smallest absolute Gasteiger partial charge is 0.164 e. The molecule has 3 aromatic heterocycles. The number of benzene rings is 8. The summed E-state index contributed by atoms with van der Waals surface area (Å²) in [6, 6.07) is 46.9. The number of furan rings is 2. The van der Waals surface area contributed by atoms with Gasteiger partial charge in [-0.25, -0.2) is 15.0 Å². The Morgan fingerprint density at radius 1 is 0.304 bits per heavy atom. The zero-order valence-electron chi connectivity index (χ0n) is 35.6. The summed E-state index contributed by atoms with van der Waals surface area (Å²) in [5.74, 6) is 0.525. The van der Waals surface area contributed by atoms with Crippen LogP contribution in [0.15, 0.2) is 197 Å². The molecule has 0 bridgehead atoms. The summed E-state index contributed by atoms with van der Waals surface area (Å²) in [6.07, 6.45) is 0. The fraction of sp³-hybridized carbons (Fsp3) is 0. The summed E-state index contributed by atoms with van der Waals surface area (Å²) in [6.45, 7) is 0. The molecule has 5 heteroatoms. The van der Waals surface area contributed by atoms with Gasteiger partial charge in [0.1, 0.15) is 22.3 Å². The van der Waals surface area contributed by atoms with Gasteiger partial charge < -0.3 is 8.83 Å². The van der Waals surface area contributed by atoms with Crippen molar-refractivity contribution in [1.82, 2.24) is 15.0 Å². The van der Waals surface area contributed by atoms with E-state index in [9.17, 15) is 5.48 Å². The van der Waals surface area contributed by atoms with E-state index in [-0.39, 0.29) is 86.8 Å². The predicted octanol–water partition coefficient (Wildman–Crippen LogP) is 13.7. The maximum atomic E-state index is 9.53. The molecule has 11 rings (SSSR count). The van der Waals surface area contributed by atoms with E-state index in [1.165, 1.54) is 0 Å². The predicted molar refractivity (Wildman–Crippen MR) is 227 cm³/mol. The second kappa shape index (κ2) is 13.0. The van der Waals surface area contributed by atoms with Crippen LogP contribution in [0.1, 0.15) is 8.22 Å². The molecule has 262 valence electrons. The minimum atomic E-state index is -0.352. The van der Waals surface area contributed by atoms with Crippen LogP contribution >= 0.6 is 0 Å². The number of fused-ring (bicyclic) bond motifs is 6. The van der Waals surface area contributed by atoms with Crippen LogP contribution in [0.25, 0.3) is 111 Å². The Hall–Kier alpha value is -7.63. The molecule has 0 saturated carbocycles. The average molecular weight is 724 g/mol. The van der Waals surface area contributed by atoms with Crippen LogP contribution in [-0.2, 0) is 0 Å². The van der Waals surface area contributed by atoms with Gasteiger partial charge in [0.2, 0.25) is 0 Å². The van der Waals surface area contributed by atoms with Crippen LogP contribution in [-0.4, -0.2) is 15.0 Å². The quantitative estimate of drug-likeness (QED) is 0.171. The molecular weight excluding hydrogens is 687 g/mol. The van der Waals surface area contributed by atoms with Gasteiger partial charge in [0.05, 0.1) is 8.22 Å². The van der Waals surface area contributed by atoms with E-state index >= 15 is 0 Å². The Kier molecular flexibility index (Phi) is 6.10. The fourth-order valence-corrected chi connectivity index (χ4v) is 7.16. The Morgan fingerprint density at radius 3 is 1.50 bits per heavy atom. The Labute approximate surface area is 330 Å². The molecule has 56 heavy (non-hydrogen) atoms. The Balaban J connectivity index is 1.09.